The highest BCUT2D eigenvalue weighted by Crippen LogP contribution is 2.34. The van der Waals surface area contributed by atoms with E-state index < -0.39 is 56.3 Å². The van der Waals surface area contributed by atoms with Gasteiger partial charge in [-0.25, -0.2) is 30.5 Å². The largest absolute Gasteiger partial charge is 0.375 e. The SMILES string of the molecule is CCCn1cncc1CS(=O)c1cccc(NOC(=O)C(O)(C(=O)c2ccc(C)cc2)C(O)(C(=O)ONc2cccc(S(=O)Cc3cncn3CCC)c2)C(=O)c2ccc(C)cc2)c1. The standard InChI is InChI=1S/C46H48N6O10S2/c1-5-21-51-29-47-25-37(51)27-63(59)39-11-7-9-35(23-39)49-61-43(55)45(57,41(53)33-17-13-31(3)14-18-33)46(58,42(54)34-19-15-32(4)16-20-34)44(56)62-50-36-10-8-12-40(24-36)64(60)28-38-26-48-30-52(38)22-6-2/h7-20,23-26,29-30,49-50,57-58H,5-6,21-22,27-28H2,1-4H3. The van der Waals surface area contributed by atoms with Gasteiger partial charge in [-0.05, 0) is 63.1 Å². The molecule has 2 heterocycles. The summed E-state index contributed by atoms with van der Waals surface area (Å²) in [7, 11) is -3.20. The van der Waals surface area contributed by atoms with Gasteiger partial charge in [-0.1, -0.05) is 85.6 Å². The van der Waals surface area contributed by atoms with Crippen LogP contribution >= 0.6 is 0 Å². The number of imidazole rings is 2. The number of nitrogens with one attached hydrogen (secondary N) is 2. The van der Waals surface area contributed by atoms with E-state index in [1.165, 1.54) is 84.9 Å². The molecule has 0 saturated heterocycles. The van der Waals surface area contributed by atoms with E-state index in [0.717, 1.165) is 24.2 Å². The number of ketones is 2. The molecule has 0 bridgehead atoms. The Morgan fingerprint density at radius 3 is 1.34 bits per heavy atom. The number of hydrogen-bond acceptors (Lipinski definition) is 14. The first kappa shape index (κ1) is 46.9. The van der Waals surface area contributed by atoms with Crippen LogP contribution in [0.15, 0.2) is 132 Å². The van der Waals surface area contributed by atoms with E-state index in [0.29, 0.717) is 34.0 Å². The fourth-order valence-electron chi connectivity index (χ4n) is 6.65. The summed E-state index contributed by atoms with van der Waals surface area (Å²) >= 11 is 0. The highest BCUT2D eigenvalue weighted by molar-refractivity contribution is 7.84. The van der Waals surface area contributed by atoms with E-state index in [2.05, 4.69) is 20.9 Å². The van der Waals surface area contributed by atoms with Crippen LogP contribution in [0.2, 0.25) is 0 Å². The normalized spacial score (nSPS) is 14.0. The zero-order chi connectivity index (χ0) is 46.0. The van der Waals surface area contributed by atoms with E-state index in [1.807, 2.05) is 23.0 Å². The average molecular weight is 909 g/mol. The topological polar surface area (TPSA) is 221 Å². The van der Waals surface area contributed by atoms with E-state index in [1.54, 1.807) is 51.0 Å². The summed E-state index contributed by atoms with van der Waals surface area (Å²) in [5.74, 6) is -6.87. The third-order valence-electron chi connectivity index (χ3n) is 10.2. The fraction of sp³-hybridized carbons (Fsp3) is 0.261. The molecule has 18 heteroatoms. The van der Waals surface area contributed by atoms with E-state index >= 15 is 0 Å². The van der Waals surface area contributed by atoms with Gasteiger partial charge in [0.15, 0.2) is 0 Å². The number of rotatable bonds is 21. The second-order valence-corrected chi connectivity index (χ2v) is 17.9. The summed E-state index contributed by atoms with van der Waals surface area (Å²) in [6.45, 7) is 8.80. The fourth-order valence-corrected chi connectivity index (χ4v) is 8.98. The van der Waals surface area contributed by atoms with Gasteiger partial charge in [-0.15, -0.1) is 0 Å². The zero-order valence-corrected chi connectivity index (χ0v) is 37.2. The minimum atomic E-state index is -4.03. The molecule has 0 spiro atoms. The van der Waals surface area contributed by atoms with Gasteiger partial charge in [0.25, 0.3) is 11.2 Å². The van der Waals surface area contributed by atoms with Gasteiger partial charge in [0.2, 0.25) is 11.6 Å². The number of aromatic nitrogens is 4. The maximum absolute atomic E-state index is 14.5. The monoisotopic (exact) mass is 908 g/mol. The smallest absolute Gasteiger partial charge is 0.368 e. The molecule has 64 heavy (non-hydrogen) atoms. The minimum absolute atomic E-state index is 0.0242. The first-order valence-corrected chi connectivity index (χ1v) is 22.9. The van der Waals surface area contributed by atoms with Crippen molar-refractivity contribution in [3.05, 3.63) is 156 Å². The maximum Gasteiger partial charge on any atom is 0.375 e. The number of benzene rings is 4. The van der Waals surface area contributed by atoms with Crippen LogP contribution in [0, 0.1) is 13.8 Å². The van der Waals surface area contributed by atoms with Crippen molar-refractivity contribution in [3.8, 4) is 0 Å². The summed E-state index contributed by atoms with van der Waals surface area (Å²) < 4.78 is 30.7. The molecule has 6 aromatic rings. The van der Waals surface area contributed by atoms with Crippen LogP contribution in [-0.2, 0) is 65.5 Å². The lowest BCUT2D eigenvalue weighted by Crippen LogP contribution is -2.72. The van der Waals surface area contributed by atoms with Gasteiger partial charge in [0, 0.05) is 46.4 Å². The van der Waals surface area contributed by atoms with Crippen molar-refractivity contribution in [2.24, 2.45) is 0 Å². The van der Waals surface area contributed by atoms with E-state index in [9.17, 15) is 37.8 Å². The molecule has 0 aliphatic rings. The second kappa shape index (κ2) is 20.7. The molecule has 0 aliphatic heterocycles. The molecule has 0 fully saturated rings. The Balaban J connectivity index is 1.32. The first-order chi connectivity index (χ1) is 30.7. The van der Waals surface area contributed by atoms with Crippen LogP contribution in [0.5, 0.6) is 0 Å². The Labute approximate surface area is 374 Å². The van der Waals surface area contributed by atoms with Crippen molar-refractivity contribution in [2.75, 3.05) is 11.0 Å². The van der Waals surface area contributed by atoms with Crippen LogP contribution in [-0.4, -0.2) is 72.4 Å². The van der Waals surface area contributed by atoms with Gasteiger partial charge in [-0.3, -0.25) is 18.0 Å². The van der Waals surface area contributed by atoms with E-state index in [-0.39, 0.29) is 34.0 Å². The molecule has 2 aromatic heterocycles. The molecule has 334 valence electrons. The molecule has 0 aliphatic carbocycles. The number of nitrogens with zero attached hydrogens (tertiary/aromatic N) is 4. The van der Waals surface area contributed by atoms with Crippen LogP contribution in [0.3, 0.4) is 0 Å². The molecule has 0 amide bonds. The van der Waals surface area contributed by atoms with Gasteiger partial charge in [0.05, 0.1) is 68.5 Å². The molecule has 6 rings (SSSR count). The quantitative estimate of drug-likeness (QED) is 0.0381. The third-order valence-corrected chi connectivity index (χ3v) is 12.9. The number of aryl methyl sites for hydroxylation is 4. The Hall–Kier alpha value is -6.60. The molecule has 0 saturated carbocycles. The number of aliphatic hydroxyl groups is 2. The van der Waals surface area contributed by atoms with E-state index in [4.69, 9.17) is 9.68 Å². The molecule has 16 nitrogen and oxygen atoms in total. The van der Waals surface area contributed by atoms with Gasteiger partial charge < -0.3 is 29.0 Å². The van der Waals surface area contributed by atoms with Crippen molar-refractivity contribution in [2.45, 2.75) is 86.1 Å². The predicted molar refractivity (Wildman–Crippen MR) is 238 cm³/mol. The van der Waals surface area contributed by atoms with Gasteiger partial charge in [-0.2, -0.15) is 0 Å². The molecular weight excluding hydrogens is 861 g/mol. The molecule has 4 aromatic carbocycles. The van der Waals surface area contributed by atoms with Crippen LogP contribution < -0.4 is 11.0 Å². The Morgan fingerprint density at radius 2 is 0.984 bits per heavy atom. The highest BCUT2D eigenvalue weighted by Gasteiger charge is 2.71. The Bertz CT molecular complexity index is 2500. The van der Waals surface area contributed by atoms with Crippen LogP contribution in [0.25, 0.3) is 0 Å². The van der Waals surface area contributed by atoms with Gasteiger partial charge >= 0.3 is 11.9 Å². The van der Waals surface area contributed by atoms with Crippen molar-refractivity contribution >= 4 is 56.5 Å². The summed E-state index contributed by atoms with van der Waals surface area (Å²) in [5, 5.41) is 25.0. The number of carbonyl (C=O) groups is 4. The highest BCUT2D eigenvalue weighted by atomic mass is 32.2. The van der Waals surface area contributed by atoms with Crippen LogP contribution in [0.4, 0.5) is 11.4 Å². The lowest BCUT2D eigenvalue weighted by Gasteiger charge is -2.36. The first-order valence-electron chi connectivity index (χ1n) is 20.3. The summed E-state index contributed by atoms with van der Waals surface area (Å²) in [6, 6.07) is 22.7. The predicted octanol–water partition coefficient (Wildman–Crippen LogP) is 5.80. The Kier molecular flexibility index (Phi) is 15.2. The molecular formula is C46H48N6O10S2. The second-order valence-electron chi connectivity index (χ2n) is 15.0. The average Bonchev–Trinajstić information content (AvgIpc) is 3.95. The molecule has 0 radical (unpaired) electrons. The summed E-state index contributed by atoms with van der Waals surface area (Å²) in [4.78, 5) is 77.3. The number of anilines is 2. The number of hydrogen-bond donors (Lipinski definition) is 4. The number of Topliss-reactive ketones (excluding diaryl/α,β-unsaturated/α-hetero) is 2. The van der Waals surface area contributed by atoms with Crippen molar-refractivity contribution < 1.29 is 47.5 Å². The number of carbonyl (C=O) groups excluding carboxylic acids is 4. The maximum atomic E-state index is 14.5. The minimum Gasteiger partial charge on any atom is -0.368 e. The molecule has 4 N–H and O–H groups in total. The molecule has 4 atom stereocenters. The lowest BCUT2D eigenvalue weighted by atomic mass is 9.73. The van der Waals surface area contributed by atoms with Crippen molar-refractivity contribution in [1.29, 1.82) is 0 Å². The molecule has 4 unspecified atom stereocenters. The Morgan fingerprint density at radius 1 is 0.609 bits per heavy atom. The van der Waals surface area contributed by atoms with Crippen LogP contribution in [0.1, 0.15) is 69.9 Å². The van der Waals surface area contributed by atoms with Crippen molar-refractivity contribution in [1.82, 2.24) is 19.1 Å². The van der Waals surface area contributed by atoms with Crippen molar-refractivity contribution in [3.63, 3.8) is 0 Å². The summed E-state index contributed by atoms with van der Waals surface area (Å²) in [6.07, 6.45) is 8.22. The zero-order valence-electron chi connectivity index (χ0n) is 35.6. The lowest BCUT2D eigenvalue weighted by molar-refractivity contribution is -0.191. The summed E-state index contributed by atoms with van der Waals surface area (Å²) in [5.41, 5.74) is -1.31. The van der Waals surface area contributed by atoms with Gasteiger partial charge in [0.1, 0.15) is 0 Å². The third kappa shape index (κ3) is 10.3.